The van der Waals surface area contributed by atoms with Gasteiger partial charge in [0.15, 0.2) is 0 Å². The molecule has 0 aliphatic carbocycles. The van der Waals surface area contributed by atoms with E-state index in [0.717, 1.165) is 0 Å². The number of nitro groups is 1. The highest BCUT2D eigenvalue weighted by atomic mass is 16.6. The third kappa shape index (κ3) is 2.10. The van der Waals surface area contributed by atoms with Gasteiger partial charge < -0.3 is 0 Å². The summed E-state index contributed by atoms with van der Waals surface area (Å²) in [7, 11) is 0. The Labute approximate surface area is 103 Å². The fourth-order valence-electron chi connectivity index (χ4n) is 1.72. The number of benzene rings is 1. The molecule has 0 saturated heterocycles. The molecule has 0 fully saturated rings. The zero-order valence-electron chi connectivity index (χ0n) is 9.66. The highest BCUT2D eigenvalue weighted by Crippen LogP contribution is 2.24. The molecule has 2 rings (SSSR count). The molecule has 0 N–H and O–H groups in total. The maximum absolute atomic E-state index is 12.2. The molecule has 90 valence electrons. The second-order valence-electron chi connectivity index (χ2n) is 3.77. The maximum atomic E-state index is 12.2. The molecule has 0 unspecified atom stereocenters. The van der Waals surface area contributed by atoms with E-state index in [4.69, 9.17) is 0 Å². The topological polar surface area (TPSA) is 73.1 Å². The van der Waals surface area contributed by atoms with Crippen molar-refractivity contribution in [2.75, 3.05) is 0 Å². The molecule has 18 heavy (non-hydrogen) atoms. The van der Waals surface area contributed by atoms with E-state index in [-0.39, 0.29) is 16.9 Å². The Balaban J connectivity index is 2.56. The number of rotatable bonds is 3. The molecule has 0 spiro atoms. The van der Waals surface area contributed by atoms with E-state index in [1.807, 2.05) is 0 Å². The quantitative estimate of drug-likeness (QED) is 0.471. The summed E-state index contributed by atoms with van der Waals surface area (Å²) >= 11 is 0. The van der Waals surface area contributed by atoms with Gasteiger partial charge in [-0.25, -0.2) is 0 Å². The molecule has 2 aromatic rings. The number of para-hydroxylation sites is 1. The second kappa shape index (κ2) is 4.75. The van der Waals surface area contributed by atoms with Gasteiger partial charge in [0.25, 0.3) is 5.69 Å². The number of pyridine rings is 1. The predicted octanol–water partition coefficient (Wildman–Crippen LogP) is 2.53. The van der Waals surface area contributed by atoms with Crippen LogP contribution in [0.1, 0.15) is 21.6 Å². The Hall–Kier alpha value is -2.56. The first-order chi connectivity index (χ1) is 8.61. The van der Waals surface area contributed by atoms with Crippen LogP contribution in [0.3, 0.4) is 0 Å². The van der Waals surface area contributed by atoms with E-state index in [2.05, 4.69) is 4.98 Å². The lowest BCUT2D eigenvalue weighted by Gasteiger charge is -2.03. The van der Waals surface area contributed by atoms with Crippen molar-refractivity contribution < 1.29 is 9.72 Å². The van der Waals surface area contributed by atoms with Gasteiger partial charge in [-0.2, -0.15) is 0 Å². The maximum Gasteiger partial charge on any atom is 0.283 e. The minimum absolute atomic E-state index is 0.0682. The predicted molar refractivity (Wildman–Crippen MR) is 65.5 cm³/mol. The van der Waals surface area contributed by atoms with Crippen LogP contribution in [0.25, 0.3) is 0 Å². The number of nitro benzene ring substituents is 1. The van der Waals surface area contributed by atoms with Gasteiger partial charge in [-0.1, -0.05) is 18.2 Å². The molecule has 1 heterocycles. The highest BCUT2D eigenvalue weighted by molar-refractivity contribution is 6.10. The van der Waals surface area contributed by atoms with E-state index in [9.17, 15) is 14.9 Å². The van der Waals surface area contributed by atoms with Crippen molar-refractivity contribution in [2.24, 2.45) is 0 Å². The number of ketones is 1. The van der Waals surface area contributed by atoms with Gasteiger partial charge in [-0.3, -0.25) is 19.9 Å². The normalized spacial score (nSPS) is 10.1. The van der Waals surface area contributed by atoms with Crippen LogP contribution >= 0.6 is 0 Å². The van der Waals surface area contributed by atoms with Crippen molar-refractivity contribution in [2.45, 2.75) is 6.92 Å². The first-order valence-electron chi connectivity index (χ1n) is 5.31. The van der Waals surface area contributed by atoms with E-state index in [1.165, 1.54) is 18.3 Å². The third-order valence-electron chi connectivity index (χ3n) is 2.56. The molecule has 0 atom stereocenters. The Morgan fingerprint density at radius 3 is 2.61 bits per heavy atom. The van der Waals surface area contributed by atoms with E-state index in [1.54, 1.807) is 31.2 Å². The van der Waals surface area contributed by atoms with Crippen LogP contribution in [-0.2, 0) is 0 Å². The Morgan fingerprint density at radius 1 is 1.22 bits per heavy atom. The number of hydrogen-bond donors (Lipinski definition) is 0. The molecule has 0 aliphatic heterocycles. The van der Waals surface area contributed by atoms with Crippen LogP contribution in [0.15, 0.2) is 42.6 Å². The number of nitrogens with zero attached hydrogens (tertiary/aromatic N) is 2. The van der Waals surface area contributed by atoms with Gasteiger partial charge in [-0.05, 0) is 25.1 Å². The highest BCUT2D eigenvalue weighted by Gasteiger charge is 2.23. The van der Waals surface area contributed by atoms with Crippen molar-refractivity contribution in [1.82, 2.24) is 4.98 Å². The Bertz CT molecular complexity index is 609. The Kier molecular flexibility index (Phi) is 3.14. The molecule has 0 amide bonds. The zero-order chi connectivity index (χ0) is 13.1. The number of aryl methyl sites for hydroxylation is 1. The van der Waals surface area contributed by atoms with Gasteiger partial charge in [0, 0.05) is 11.8 Å². The van der Waals surface area contributed by atoms with Crippen molar-refractivity contribution in [3.63, 3.8) is 0 Å². The number of aromatic nitrogens is 1. The summed E-state index contributed by atoms with van der Waals surface area (Å²) in [6.07, 6.45) is 1.48. The Morgan fingerprint density at radius 2 is 2.00 bits per heavy atom. The largest absolute Gasteiger partial charge is 0.287 e. The van der Waals surface area contributed by atoms with Gasteiger partial charge in [0.1, 0.15) is 11.3 Å². The van der Waals surface area contributed by atoms with Gasteiger partial charge in [0.2, 0.25) is 5.78 Å². The van der Waals surface area contributed by atoms with Gasteiger partial charge >= 0.3 is 0 Å². The monoisotopic (exact) mass is 242 g/mol. The standard InChI is InChI=1S/C13H10N2O3/c1-9-5-4-6-10(12(9)15(17)18)13(16)11-7-2-3-8-14-11/h2-8H,1H3. The SMILES string of the molecule is Cc1cccc(C(=O)c2ccccn2)c1[N+](=O)[O-]. The molecule has 0 saturated carbocycles. The first kappa shape index (κ1) is 11.9. The van der Waals surface area contributed by atoms with Crippen LogP contribution in [-0.4, -0.2) is 15.7 Å². The number of carbonyl (C=O) groups excluding carboxylic acids is 1. The van der Waals surface area contributed by atoms with E-state index in [0.29, 0.717) is 5.56 Å². The summed E-state index contributed by atoms with van der Waals surface area (Å²) < 4.78 is 0. The lowest BCUT2D eigenvalue weighted by Crippen LogP contribution is -2.08. The van der Waals surface area contributed by atoms with Crippen LogP contribution in [0.4, 0.5) is 5.69 Å². The smallest absolute Gasteiger partial charge is 0.283 e. The number of carbonyl (C=O) groups is 1. The molecule has 5 nitrogen and oxygen atoms in total. The fourth-order valence-corrected chi connectivity index (χ4v) is 1.72. The minimum Gasteiger partial charge on any atom is -0.287 e. The number of hydrogen-bond acceptors (Lipinski definition) is 4. The van der Waals surface area contributed by atoms with Crippen molar-refractivity contribution in [3.05, 3.63) is 69.5 Å². The molecule has 0 radical (unpaired) electrons. The van der Waals surface area contributed by atoms with E-state index < -0.39 is 10.7 Å². The van der Waals surface area contributed by atoms with Crippen molar-refractivity contribution in [1.29, 1.82) is 0 Å². The molecule has 0 aliphatic rings. The molecule has 0 bridgehead atoms. The second-order valence-corrected chi connectivity index (χ2v) is 3.77. The molecular weight excluding hydrogens is 232 g/mol. The fraction of sp³-hybridized carbons (Fsp3) is 0.0769. The third-order valence-corrected chi connectivity index (χ3v) is 2.56. The summed E-state index contributed by atoms with van der Waals surface area (Å²) in [6.45, 7) is 1.60. The summed E-state index contributed by atoms with van der Waals surface area (Å²) in [4.78, 5) is 26.5. The molecule has 5 heteroatoms. The molecule has 1 aromatic carbocycles. The van der Waals surface area contributed by atoms with Gasteiger partial charge in [-0.15, -0.1) is 0 Å². The summed E-state index contributed by atoms with van der Waals surface area (Å²) in [5.74, 6) is -0.439. The van der Waals surface area contributed by atoms with Crippen LogP contribution in [0.2, 0.25) is 0 Å². The lowest BCUT2D eigenvalue weighted by atomic mass is 10.0. The van der Waals surface area contributed by atoms with E-state index >= 15 is 0 Å². The van der Waals surface area contributed by atoms with Crippen LogP contribution in [0.5, 0.6) is 0 Å². The molecule has 1 aromatic heterocycles. The average Bonchev–Trinajstić information content (AvgIpc) is 2.38. The summed E-state index contributed by atoms with van der Waals surface area (Å²) in [5.41, 5.74) is 0.569. The molecular formula is C13H10N2O3. The summed E-state index contributed by atoms with van der Waals surface area (Å²) in [5, 5.41) is 11.0. The van der Waals surface area contributed by atoms with Crippen molar-refractivity contribution in [3.8, 4) is 0 Å². The van der Waals surface area contributed by atoms with Crippen LogP contribution < -0.4 is 0 Å². The summed E-state index contributed by atoms with van der Waals surface area (Å²) in [6, 6.07) is 9.56. The minimum atomic E-state index is -0.536. The zero-order valence-corrected chi connectivity index (χ0v) is 9.66. The van der Waals surface area contributed by atoms with Gasteiger partial charge in [0.05, 0.1) is 4.92 Å². The van der Waals surface area contributed by atoms with Crippen molar-refractivity contribution >= 4 is 11.5 Å². The average molecular weight is 242 g/mol. The lowest BCUT2D eigenvalue weighted by molar-refractivity contribution is -0.385. The first-order valence-corrected chi connectivity index (χ1v) is 5.31. The van der Waals surface area contributed by atoms with Crippen LogP contribution in [0, 0.1) is 17.0 Å².